The maximum Gasteiger partial charge on any atom is 0.253 e. The zero-order valence-electron chi connectivity index (χ0n) is 16.5. The van der Waals surface area contributed by atoms with Gasteiger partial charge in [-0.05, 0) is 43.2 Å². The van der Waals surface area contributed by atoms with Crippen molar-refractivity contribution >= 4 is 44.8 Å². The van der Waals surface area contributed by atoms with Crippen molar-refractivity contribution in [2.75, 3.05) is 29.0 Å². The largest absolute Gasteiger partial charge is 0.352 e. The third-order valence-corrected chi connectivity index (χ3v) is 5.66. The molecule has 2 aromatic rings. The lowest BCUT2D eigenvalue weighted by Gasteiger charge is -2.22. The first-order chi connectivity index (χ1) is 13.6. The molecular formula is C20H24ClN3O4S. The van der Waals surface area contributed by atoms with Gasteiger partial charge in [0.2, 0.25) is 15.9 Å². The molecule has 0 unspecified atom stereocenters. The summed E-state index contributed by atoms with van der Waals surface area (Å²) in [6, 6.07) is 11.3. The van der Waals surface area contributed by atoms with Crippen LogP contribution in [0.25, 0.3) is 0 Å². The molecule has 0 aliphatic carbocycles. The number of hydrogen-bond donors (Lipinski definition) is 2. The normalized spacial score (nSPS) is 11.0. The molecule has 0 saturated heterocycles. The van der Waals surface area contributed by atoms with Crippen molar-refractivity contribution in [2.45, 2.75) is 20.3 Å². The fourth-order valence-corrected chi connectivity index (χ4v) is 3.60. The number of hydrogen-bond acceptors (Lipinski definition) is 4. The van der Waals surface area contributed by atoms with Gasteiger partial charge >= 0.3 is 0 Å². The van der Waals surface area contributed by atoms with Gasteiger partial charge in [0.15, 0.2) is 0 Å². The van der Waals surface area contributed by atoms with Crippen LogP contribution < -0.4 is 14.9 Å². The molecule has 2 amide bonds. The van der Waals surface area contributed by atoms with Crippen molar-refractivity contribution in [1.29, 1.82) is 0 Å². The summed E-state index contributed by atoms with van der Waals surface area (Å²) < 4.78 is 25.5. The molecule has 0 radical (unpaired) electrons. The second-order valence-electron chi connectivity index (χ2n) is 6.55. The number of carbonyl (C=O) groups excluding carboxylic acids is 2. The van der Waals surface area contributed by atoms with Crippen LogP contribution in [0.2, 0.25) is 5.02 Å². The van der Waals surface area contributed by atoms with Gasteiger partial charge in [0.05, 0.1) is 23.2 Å². The molecule has 0 saturated carbocycles. The van der Waals surface area contributed by atoms with E-state index in [0.29, 0.717) is 22.8 Å². The molecule has 156 valence electrons. The van der Waals surface area contributed by atoms with Gasteiger partial charge in [-0.15, -0.1) is 0 Å². The number of nitrogens with one attached hydrogen (secondary N) is 2. The second kappa shape index (κ2) is 9.76. The van der Waals surface area contributed by atoms with E-state index in [0.717, 1.165) is 22.5 Å². The topological polar surface area (TPSA) is 95.6 Å². The Morgan fingerprint density at radius 3 is 2.45 bits per heavy atom. The van der Waals surface area contributed by atoms with Crippen LogP contribution in [0.3, 0.4) is 0 Å². The van der Waals surface area contributed by atoms with Crippen LogP contribution in [0.15, 0.2) is 42.5 Å². The standard InChI is InChI=1S/C20H24ClN3O4S/c1-4-11-22-20(26)16-7-5-6-8-18(16)23-19(25)13-24(29(3,27)28)15-10-9-14(2)17(21)12-15/h5-10,12H,4,11,13H2,1-3H3,(H,22,26)(H,23,25). The van der Waals surface area contributed by atoms with Gasteiger partial charge in [0.1, 0.15) is 6.54 Å². The van der Waals surface area contributed by atoms with Crippen LogP contribution in [0.1, 0.15) is 29.3 Å². The smallest absolute Gasteiger partial charge is 0.253 e. The highest BCUT2D eigenvalue weighted by Gasteiger charge is 2.22. The predicted octanol–water partition coefficient (Wildman–Crippen LogP) is 3.19. The first-order valence-corrected chi connectivity index (χ1v) is 11.3. The SMILES string of the molecule is CCCNC(=O)c1ccccc1NC(=O)CN(c1ccc(C)c(Cl)c1)S(C)(=O)=O. The van der Waals surface area contributed by atoms with E-state index in [2.05, 4.69) is 10.6 Å². The predicted molar refractivity (Wildman–Crippen MR) is 116 cm³/mol. The Kier molecular flexibility index (Phi) is 7.64. The van der Waals surface area contributed by atoms with Crippen LogP contribution in [0, 0.1) is 6.92 Å². The zero-order valence-corrected chi connectivity index (χ0v) is 18.1. The van der Waals surface area contributed by atoms with Gasteiger partial charge < -0.3 is 10.6 Å². The van der Waals surface area contributed by atoms with E-state index in [9.17, 15) is 18.0 Å². The van der Waals surface area contributed by atoms with Crippen LogP contribution in [-0.2, 0) is 14.8 Å². The van der Waals surface area contributed by atoms with Gasteiger partial charge in [-0.25, -0.2) is 8.42 Å². The van der Waals surface area contributed by atoms with E-state index in [-0.39, 0.29) is 11.6 Å². The first kappa shape index (κ1) is 22.7. The minimum Gasteiger partial charge on any atom is -0.352 e. The highest BCUT2D eigenvalue weighted by Crippen LogP contribution is 2.25. The molecule has 0 atom stereocenters. The number of benzene rings is 2. The summed E-state index contributed by atoms with van der Waals surface area (Å²) >= 11 is 6.11. The van der Waals surface area contributed by atoms with E-state index in [1.54, 1.807) is 43.3 Å². The Hall–Kier alpha value is -2.58. The summed E-state index contributed by atoms with van der Waals surface area (Å²) in [5.41, 5.74) is 1.69. The fraction of sp³-hybridized carbons (Fsp3) is 0.300. The average Bonchev–Trinajstić information content (AvgIpc) is 2.66. The Morgan fingerprint density at radius 2 is 1.83 bits per heavy atom. The average molecular weight is 438 g/mol. The molecule has 0 spiro atoms. The van der Waals surface area contributed by atoms with Crippen molar-refractivity contribution in [3.05, 3.63) is 58.6 Å². The molecule has 0 aliphatic heterocycles. The number of anilines is 2. The zero-order chi connectivity index (χ0) is 21.6. The Bertz CT molecular complexity index is 1010. The van der Waals surface area contributed by atoms with E-state index in [1.165, 1.54) is 6.07 Å². The summed E-state index contributed by atoms with van der Waals surface area (Å²) in [6.45, 7) is 3.79. The van der Waals surface area contributed by atoms with E-state index >= 15 is 0 Å². The van der Waals surface area contributed by atoms with Crippen molar-refractivity contribution in [1.82, 2.24) is 5.32 Å². The molecule has 0 bridgehead atoms. The van der Waals surface area contributed by atoms with Crippen molar-refractivity contribution in [3.63, 3.8) is 0 Å². The Morgan fingerprint density at radius 1 is 1.14 bits per heavy atom. The maximum absolute atomic E-state index is 12.6. The van der Waals surface area contributed by atoms with Crippen molar-refractivity contribution in [2.24, 2.45) is 0 Å². The maximum atomic E-state index is 12.6. The number of amides is 2. The number of halogens is 1. The first-order valence-electron chi connectivity index (χ1n) is 9.04. The molecule has 29 heavy (non-hydrogen) atoms. The van der Waals surface area contributed by atoms with Gasteiger partial charge in [-0.1, -0.05) is 36.7 Å². The summed E-state index contributed by atoms with van der Waals surface area (Å²) in [7, 11) is -3.74. The highest BCUT2D eigenvalue weighted by molar-refractivity contribution is 7.92. The Balaban J connectivity index is 2.24. The third kappa shape index (κ3) is 6.20. The van der Waals surface area contributed by atoms with Gasteiger partial charge in [-0.3, -0.25) is 13.9 Å². The van der Waals surface area contributed by atoms with Crippen LogP contribution in [-0.4, -0.2) is 39.6 Å². The number of carbonyl (C=O) groups is 2. The highest BCUT2D eigenvalue weighted by atomic mass is 35.5. The van der Waals surface area contributed by atoms with Crippen LogP contribution >= 0.6 is 11.6 Å². The summed E-state index contributed by atoms with van der Waals surface area (Å²) in [4.78, 5) is 24.9. The second-order valence-corrected chi connectivity index (χ2v) is 8.87. The van der Waals surface area contributed by atoms with E-state index in [4.69, 9.17) is 11.6 Å². The minimum atomic E-state index is -3.74. The van der Waals surface area contributed by atoms with E-state index in [1.807, 2.05) is 6.92 Å². The molecular weight excluding hydrogens is 414 g/mol. The molecule has 7 nitrogen and oxygen atoms in total. The van der Waals surface area contributed by atoms with Crippen LogP contribution in [0.4, 0.5) is 11.4 Å². The molecule has 2 rings (SSSR count). The molecule has 0 aromatic heterocycles. The van der Waals surface area contributed by atoms with Crippen molar-refractivity contribution < 1.29 is 18.0 Å². The summed E-state index contributed by atoms with van der Waals surface area (Å²) in [6.07, 6.45) is 1.79. The number of para-hydroxylation sites is 1. The van der Waals surface area contributed by atoms with Gasteiger partial charge in [0, 0.05) is 11.6 Å². The monoisotopic (exact) mass is 437 g/mol. The summed E-state index contributed by atoms with van der Waals surface area (Å²) in [5.74, 6) is -0.893. The molecule has 2 aromatic carbocycles. The third-order valence-electron chi connectivity index (χ3n) is 4.11. The fourth-order valence-electron chi connectivity index (χ4n) is 2.58. The Labute approximate surface area is 176 Å². The van der Waals surface area contributed by atoms with Gasteiger partial charge in [-0.2, -0.15) is 0 Å². The lowest BCUT2D eigenvalue weighted by atomic mass is 10.1. The quantitative estimate of drug-likeness (QED) is 0.662. The number of nitrogens with zero attached hydrogens (tertiary/aromatic N) is 1. The molecule has 2 N–H and O–H groups in total. The lowest BCUT2D eigenvalue weighted by Crippen LogP contribution is -2.37. The number of aryl methyl sites for hydroxylation is 1. The molecule has 0 heterocycles. The number of sulfonamides is 1. The molecule has 0 fully saturated rings. The van der Waals surface area contributed by atoms with Crippen LogP contribution in [0.5, 0.6) is 0 Å². The molecule has 0 aliphatic rings. The summed E-state index contributed by atoms with van der Waals surface area (Å²) in [5, 5.41) is 5.78. The molecule has 9 heteroatoms. The van der Waals surface area contributed by atoms with E-state index < -0.39 is 22.5 Å². The lowest BCUT2D eigenvalue weighted by molar-refractivity contribution is -0.114. The van der Waals surface area contributed by atoms with Gasteiger partial charge in [0.25, 0.3) is 5.91 Å². The minimum absolute atomic E-state index is 0.284. The van der Waals surface area contributed by atoms with Crippen molar-refractivity contribution in [3.8, 4) is 0 Å². The number of rotatable bonds is 8.